The molecule has 0 fully saturated rings. The Kier molecular flexibility index (Phi) is 9.11. The summed E-state index contributed by atoms with van der Waals surface area (Å²) in [6.45, 7) is 2.17. The Bertz CT molecular complexity index is 1040. The maximum Gasteiger partial charge on any atom is 0.336 e. The van der Waals surface area contributed by atoms with Crippen LogP contribution in [0.4, 0.5) is 0 Å². The number of phenols is 1. The Morgan fingerprint density at radius 2 is 1.64 bits per heavy atom. The van der Waals surface area contributed by atoms with Gasteiger partial charge in [0.1, 0.15) is 23.9 Å². The monoisotopic (exact) mass is 451 g/mol. The van der Waals surface area contributed by atoms with Gasteiger partial charge in [-0.05, 0) is 67.9 Å². The first kappa shape index (κ1) is 24.1. The number of carboxylic acids is 1. The minimum atomic E-state index is -0.959. The summed E-state index contributed by atoms with van der Waals surface area (Å²) in [7, 11) is 0. The van der Waals surface area contributed by atoms with Crippen molar-refractivity contribution in [2.24, 2.45) is 0 Å². The van der Waals surface area contributed by atoms with E-state index in [0.29, 0.717) is 29.2 Å². The van der Waals surface area contributed by atoms with Gasteiger partial charge < -0.3 is 30.1 Å². The van der Waals surface area contributed by atoms with Gasteiger partial charge in [0.05, 0.1) is 18.8 Å². The molecule has 7 heteroatoms. The molecule has 7 nitrogen and oxygen atoms in total. The van der Waals surface area contributed by atoms with Crippen LogP contribution < -0.4 is 14.8 Å². The second-order valence-electron chi connectivity index (χ2n) is 7.55. The van der Waals surface area contributed by atoms with E-state index in [-0.39, 0.29) is 24.5 Å². The molecule has 3 rings (SSSR count). The molecule has 4 N–H and O–H groups in total. The predicted molar refractivity (Wildman–Crippen MR) is 125 cm³/mol. The average Bonchev–Trinajstić information content (AvgIpc) is 2.84. The smallest absolute Gasteiger partial charge is 0.336 e. The van der Waals surface area contributed by atoms with E-state index in [1.165, 1.54) is 11.6 Å². The zero-order chi connectivity index (χ0) is 23.5. The lowest BCUT2D eigenvalue weighted by Crippen LogP contribution is -2.20. The first-order valence-electron chi connectivity index (χ1n) is 10.9. The van der Waals surface area contributed by atoms with Crippen LogP contribution in [0.1, 0.15) is 33.5 Å². The van der Waals surface area contributed by atoms with Gasteiger partial charge in [0, 0.05) is 11.1 Å². The van der Waals surface area contributed by atoms with Crippen molar-refractivity contribution in [1.82, 2.24) is 5.32 Å². The fraction of sp³-hybridized carbons (Fsp3) is 0.269. The molecular formula is C26H29NO6. The quantitative estimate of drug-likeness (QED) is 0.293. The number of ether oxygens (including phenoxy) is 2. The first-order valence-corrected chi connectivity index (χ1v) is 10.9. The number of hydrogen-bond donors (Lipinski definition) is 4. The van der Waals surface area contributed by atoms with E-state index in [0.717, 1.165) is 25.9 Å². The molecule has 0 atom stereocenters. The van der Waals surface area contributed by atoms with Gasteiger partial charge in [-0.15, -0.1) is 0 Å². The van der Waals surface area contributed by atoms with Crippen LogP contribution in [-0.4, -0.2) is 41.0 Å². The number of aliphatic hydroxyl groups excluding tert-OH is 1. The normalized spacial score (nSPS) is 10.7. The minimum Gasteiger partial charge on any atom is -0.508 e. The lowest BCUT2D eigenvalue weighted by Gasteiger charge is -2.10. The SMILES string of the molecule is O=C(O)c1ccccc1COc1ccc(CCNCCCOc2ccc(O)c(CO)c2)cc1. The molecule has 0 bridgehead atoms. The summed E-state index contributed by atoms with van der Waals surface area (Å²) in [5.74, 6) is 0.433. The Hall–Kier alpha value is -3.55. The molecule has 0 saturated carbocycles. The van der Waals surface area contributed by atoms with Crippen LogP contribution in [0.25, 0.3) is 0 Å². The first-order chi connectivity index (χ1) is 16.1. The van der Waals surface area contributed by atoms with Gasteiger partial charge in [0.25, 0.3) is 0 Å². The van der Waals surface area contributed by atoms with Crippen molar-refractivity contribution in [2.45, 2.75) is 26.1 Å². The standard InChI is InChI=1S/C26H29NO6/c28-17-21-16-23(10-11-25(21)29)32-15-3-13-27-14-12-19-6-8-22(9-7-19)33-18-20-4-1-2-5-24(20)26(30)31/h1-2,4-11,16,27-29H,3,12-15,17-18H2,(H,30,31). The van der Waals surface area contributed by atoms with Crippen LogP contribution >= 0.6 is 0 Å². The summed E-state index contributed by atoms with van der Waals surface area (Å²) < 4.78 is 11.4. The summed E-state index contributed by atoms with van der Waals surface area (Å²) >= 11 is 0. The van der Waals surface area contributed by atoms with E-state index < -0.39 is 5.97 Å². The van der Waals surface area contributed by atoms with Gasteiger partial charge in [-0.2, -0.15) is 0 Å². The molecule has 0 unspecified atom stereocenters. The van der Waals surface area contributed by atoms with Crippen LogP contribution in [0.3, 0.4) is 0 Å². The van der Waals surface area contributed by atoms with Crippen LogP contribution in [0, 0.1) is 0 Å². The average molecular weight is 452 g/mol. The third kappa shape index (κ3) is 7.52. The zero-order valence-corrected chi connectivity index (χ0v) is 18.4. The van der Waals surface area contributed by atoms with E-state index in [2.05, 4.69) is 5.32 Å². The molecule has 33 heavy (non-hydrogen) atoms. The van der Waals surface area contributed by atoms with Crippen molar-refractivity contribution in [1.29, 1.82) is 0 Å². The van der Waals surface area contributed by atoms with Crippen LogP contribution in [0.15, 0.2) is 66.7 Å². The molecule has 0 aromatic heterocycles. The molecule has 0 aliphatic heterocycles. The van der Waals surface area contributed by atoms with Crippen LogP contribution in [0.5, 0.6) is 17.2 Å². The predicted octanol–water partition coefficient (Wildman–Crippen LogP) is 3.76. The summed E-state index contributed by atoms with van der Waals surface area (Å²) in [4.78, 5) is 11.3. The molecule has 0 radical (unpaired) electrons. The third-order valence-electron chi connectivity index (χ3n) is 5.14. The second kappa shape index (κ2) is 12.5. The molecule has 0 saturated heterocycles. The minimum absolute atomic E-state index is 0.0645. The number of benzene rings is 3. The number of hydrogen-bond acceptors (Lipinski definition) is 6. The Morgan fingerprint density at radius 3 is 2.39 bits per heavy atom. The Balaban J connectivity index is 1.32. The number of carbonyl (C=O) groups is 1. The maximum atomic E-state index is 11.3. The highest BCUT2D eigenvalue weighted by atomic mass is 16.5. The number of carboxylic acid groups (broad SMARTS) is 1. The molecule has 0 amide bonds. The largest absolute Gasteiger partial charge is 0.508 e. The summed E-state index contributed by atoms with van der Waals surface area (Å²) in [6.07, 6.45) is 1.71. The number of nitrogens with one attached hydrogen (secondary N) is 1. The molecule has 3 aromatic carbocycles. The van der Waals surface area contributed by atoms with Gasteiger partial charge in [-0.1, -0.05) is 30.3 Å². The highest BCUT2D eigenvalue weighted by Gasteiger charge is 2.09. The molecule has 0 aliphatic carbocycles. The van der Waals surface area contributed by atoms with Gasteiger partial charge in [0.2, 0.25) is 0 Å². The third-order valence-corrected chi connectivity index (χ3v) is 5.14. The van der Waals surface area contributed by atoms with Crippen molar-refractivity contribution in [2.75, 3.05) is 19.7 Å². The van der Waals surface area contributed by atoms with E-state index in [9.17, 15) is 20.1 Å². The number of aromatic hydroxyl groups is 1. The second-order valence-corrected chi connectivity index (χ2v) is 7.55. The number of aliphatic hydroxyl groups is 1. The van der Waals surface area contributed by atoms with Crippen molar-refractivity contribution >= 4 is 5.97 Å². The van der Waals surface area contributed by atoms with Crippen molar-refractivity contribution in [3.8, 4) is 17.2 Å². The highest BCUT2D eigenvalue weighted by Crippen LogP contribution is 2.23. The Labute approximate surface area is 193 Å². The summed E-state index contributed by atoms with van der Waals surface area (Å²) in [5.41, 5.74) is 2.52. The summed E-state index contributed by atoms with van der Waals surface area (Å²) in [6, 6.07) is 19.5. The fourth-order valence-corrected chi connectivity index (χ4v) is 3.29. The number of aromatic carboxylic acids is 1. The highest BCUT2D eigenvalue weighted by molar-refractivity contribution is 5.89. The van der Waals surface area contributed by atoms with E-state index in [1.807, 2.05) is 24.3 Å². The van der Waals surface area contributed by atoms with E-state index in [4.69, 9.17) is 9.47 Å². The molecule has 0 heterocycles. The van der Waals surface area contributed by atoms with Gasteiger partial charge >= 0.3 is 5.97 Å². The molecule has 174 valence electrons. The van der Waals surface area contributed by atoms with Crippen molar-refractivity contribution < 1.29 is 29.6 Å². The molecule has 0 aliphatic rings. The van der Waals surface area contributed by atoms with Gasteiger partial charge in [-0.25, -0.2) is 4.79 Å². The van der Waals surface area contributed by atoms with E-state index in [1.54, 1.807) is 36.4 Å². The lowest BCUT2D eigenvalue weighted by atomic mass is 10.1. The zero-order valence-electron chi connectivity index (χ0n) is 18.4. The van der Waals surface area contributed by atoms with Crippen LogP contribution in [0.2, 0.25) is 0 Å². The van der Waals surface area contributed by atoms with Gasteiger partial charge in [0.15, 0.2) is 0 Å². The summed E-state index contributed by atoms with van der Waals surface area (Å²) in [5, 5.41) is 31.4. The van der Waals surface area contributed by atoms with Gasteiger partial charge in [-0.3, -0.25) is 0 Å². The Morgan fingerprint density at radius 1 is 0.879 bits per heavy atom. The van der Waals surface area contributed by atoms with E-state index >= 15 is 0 Å². The topological polar surface area (TPSA) is 108 Å². The fourth-order valence-electron chi connectivity index (χ4n) is 3.29. The number of rotatable bonds is 13. The van der Waals surface area contributed by atoms with Crippen molar-refractivity contribution in [3.63, 3.8) is 0 Å². The molecular weight excluding hydrogens is 422 g/mol. The lowest BCUT2D eigenvalue weighted by molar-refractivity contribution is 0.0694. The molecule has 3 aromatic rings. The molecule has 0 spiro atoms. The van der Waals surface area contributed by atoms with Crippen molar-refractivity contribution in [3.05, 3.63) is 89.0 Å². The van der Waals surface area contributed by atoms with Crippen LogP contribution in [-0.2, 0) is 19.6 Å². The maximum absolute atomic E-state index is 11.3.